The molecule has 0 aromatic carbocycles. The fourth-order valence-corrected chi connectivity index (χ4v) is 4.86. The fraction of sp³-hybridized carbons (Fsp3) is 1.00. The van der Waals surface area contributed by atoms with E-state index in [4.69, 9.17) is 17.0 Å². The molecule has 16 heavy (non-hydrogen) atoms. The second-order valence-corrected chi connectivity index (χ2v) is 9.35. The largest absolute Gasteiger partial charge is 0.414 e. The van der Waals surface area contributed by atoms with Crippen LogP contribution in [0.1, 0.15) is 27.2 Å². The second-order valence-electron chi connectivity index (χ2n) is 4.57. The van der Waals surface area contributed by atoms with Gasteiger partial charge in [-0.1, -0.05) is 20.8 Å². The number of hydrogen-bond donors (Lipinski definition) is 1. The van der Waals surface area contributed by atoms with Gasteiger partial charge < -0.3 is 14.3 Å². The van der Waals surface area contributed by atoms with Gasteiger partial charge in [-0.15, -0.1) is 0 Å². The predicted octanol–water partition coefficient (Wildman–Crippen LogP) is 1.65. The van der Waals surface area contributed by atoms with Crippen LogP contribution in [0.25, 0.3) is 0 Å². The molecule has 3 nitrogen and oxygen atoms in total. The van der Waals surface area contributed by atoms with Crippen molar-refractivity contribution < 1.29 is 14.3 Å². The van der Waals surface area contributed by atoms with Crippen LogP contribution in [0.4, 0.5) is 0 Å². The van der Waals surface area contributed by atoms with Crippen molar-refractivity contribution >= 4 is 16.2 Å². The van der Waals surface area contributed by atoms with E-state index in [2.05, 4.69) is 20.8 Å². The van der Waals surface area contributed by atoms with Gasteiger partial charge in [-0.3, -0.25) is 0 Å². The molecular formula is C11H23BO3Si. The number of aliphatic hydroxyl groups excluding tert-OH is 1. The lowest BCUT2D eigenvalue weighted by Gasteiger charge is -2.30. The van der Waals surface area contributed by atoms with Crippen LogP contribution in [0.3, 0.4) is 0 Å². The molecule has 1 heterocycles. The fourth-order valence-electron chi connectivity index (χ4n) is 2.23. The number of hydrogen-bond acceptors (Lipinski definition) is 3. The summed E-state index contributed by atoms with van der Waals surface area (Å²) in [6.45, 7) is 7.07. The Hall–Kier alpha value is 0.162. The van der Waals surface area contributed by atoms with E-state index in [-0.39, 0.29) is 12.1 Å². The van der Waals surface area contributed by atoms with Gasteiger partial charge in [-0.25, -0.2) is 0 Å². The third-order valence-electron chi connectivity index (χ3n) is 3.74. The SMILES string of the molecule is [B][C@H]1C[C@@H](O)[C@@H](CO[Si](CC)(CC)CC)O1. The van der Waals surface area contributed by atoms with E-state index < -0.39 is 14.4 Å². The maximum Gasteiger partial charge on any atom is 0.192 e. The molecule has 5 heteroatoms. The Morgan fingerprint density at radius 1 is 1.31 bits per heavy atom. The average molecular weight is 242 g/mol. The quantitative estimate of drug-likeness (QED) is 0.720. The lowest BCUT2D eigenvalue weighted by molar-refractivity contribution is -0.000230. The van der Waals surface area contributed by atoms with Crippen molar-refractivity contribution in [2.24, 2.45) is 0 Å². The molecule has 0 bridgehead atoms. The first-order valence-electron chi connectivity index (χ1n) is 6.30. The molecule has 1 aliphatic rings. The van der Waals surface area contributed by atoms with Gasteiger partial charge in [0.1, 0.15) is 14.0 Å². The molecule has 3 atom stereocenters. The van der Waals surface area contributed by atoms with E-state index in [1.54, 1.807) is 0 Å². The topological polar surface area (TPSA) is 38.7 Å². The summed E-state index contributed by atoms with van der Waals surface area (Å²) in [6, 6.07) is 3.03. The van der Waals surface area contributed by atoms with Crippen LogP contribution in [0.15, 0.2) is 0 Å². The smallest absolute Gasteiger partial charge is 0.192 e. The zero-order chi connectivity index (χ0) is 12.2. The molecule has 0 unspecified atom stereocenters. The van der Waals surface area contributed by atoms with Crippen molar-refractivity contribution in [1.29, 1.82) is 0 Å². The van der Waals surface area contributed by atoms with Crippen LogP contribution >= 0.6 is 0 Å². The van der Waals surface area contributed by atoms with Gasteiger partial charge in [0.2, 0.25) is 0 Å². The molecule has 0 amide bonds. The molecule has 1 fully saturated rings. The summed E-state index contributed by atoms with van der Waals surface area (Å²) >= 11 is 0. The van der Waals surface area contributed by atoms with Crippen LogP contribution in [-0.4, -0.2) is 46.1 Å². The first kappa shape index (κ1) is 14.2. The minimum atomic E-state index is -1.57. The monoisotopic (exact) mass is 242 g/mol. The first-order valence-corrected chi connectivity index (χ1v) is 8.83. The lowest BCUT2D eigenvalue weighted by atomic mass is 9.96. The molecule has 1 saturated heterocycles. The minimum absolute atomic E-state index is 0.230. The third-order valence-corrected chi connectivity index (χ3v) is 8.38. The summed E-state index contributed by atoms with van der Waals surface area (Å²) in [5, 5.41) is 9.70. The number of aliphatic hydroxyl groups is 1. The molecule has 0 spiro atoms. The maximum absolute atomic E-state index is 9.70. The van der Waals surface area contributed by atoms with Crippen molar-refractivity contribution in [1.82, 2.24) is 0 Å². The standard InChI is InChI=1S/C11H23BO3Si/c1-4-16(5-2,6-3)14-8-10-9(13)7-11(12)15-10/h9-11,13H,4-8H2,1-3H3/t9-,10-,11-/m1/s1. The summed E-state index contributed by atoms with van der Waals surface area (Å²) in [4.78, 5) is 0. The Morgan fingerprint density at radius 2 is 1.88 bits per heavy atom. The van der Waals surface area contributed by atoms with E-state index in [0.29, 0.717) is 13.0 Å². The Morgan fingerprint density at radius 3 is 2.25 bits per heavy atom. The molecule has 1 rings (SSSR count). The molecule has 0 saturated carbocycles. The van der Waals surface area contributed by atoms with Gasteiger partial charge in [0.15, 0.2) is 8.32 Å². The highest BCUT2D eigenvalue weighted by molar-refractivity contribution is 6.73. The van der Waals surface area contributed by atoms with Crippen molar-refractivity contribution in [3.05, 3.63) is 0 Å². The van der Waals surface area contributed by atoms with Crippen LogP contribution in [-0.2, 0) is 9.16 Å². The Labute approximate surface area is 101 Å². The Balaban J connectivity index is 2.43. The highest BCUT2D eigenvalue weighted by atomic mass is 28.4. The molecule has 0 aromatic rings. The van der Waals surface area contributed by atoms with Crippen molar-refractivity contribution in [3.8, 4) is 0 Å². The van der Waals surface area contributed by atoms with Crippen LogP contribution in [0.2, 0.25) is 18.1 Å². The summed E-state index contributed by atoms with van der Waals surface area (Å²) in [6.07, 6.45) is -0.175. The van der Waals surface area contributed by atoms with Crippen molar-refractivity contribution in [2.75, 3.05) is 6.61 Å². The van der Waals surface area contributed by atoms with E-state index in [9.17, 15) is 5.11 Å². The van der Waals surface area contributed by atoms with E-state index in [1.165, 1.54) is 0 Å². The van der Waals surface area contributed by atoms with Gasteiger partial charge in [0.05, 0.1) is 12.7 Å². The van der Waals surface area contributed by atoms with Gasteiger partial charge in [-0.2, -0.15) is 0 Å². The summed E-state index contributed by atoms with van der Waals surface area (Å²) in [5.74, 6) is 0. The van der Waals surface area contributed by atoms with Gasteiger partial charge in [0, 0.05) is 6.00 Å². The lowest BCUT2D eigenvalue weighted by Crippen LogP contribution is -2.40. The average Bonchev–Trinajstić information content (AvgIpc) is 2.60. The summed E-state index contributed by atoms with van der Waals surface area (Å²) in [5.41, 5.74) is 0. The van der Waals surface area contributed by atoms with Crippen molar-refractivity contribution in [2.45, 2.75) is 63.5 Å². The molecule has 1 aliphatic heterocycles. The summed E-state index contributed by atoms with van der Waals surface area (Å²) in [7, 11) is 4.06. The molecular weight excluding hydrogens is 219 g/mol. The third kappa shape index (κ3) is 3.33. The Kier molecular flexibility index (Phi) is 5.50. The molecule has 0 aliphatic carbocycles. The van der Waals surface area contributed by atoms with Gasteiger partial charge in [0.25, 0.3) is 0 Å². The maximum atomic E-state index is 9.70. The van der Waals surface area contributed by atoms with Gasteiger partial charge >= 0.3 is 0 Å². The number of ether oxygens (including phenoxy) is 1. The summed E-state index contributed by atoms with van der Waals surface area (Å²) < 4.78 is 11.5. The van der Waals surface area contributed by atoms with Crippen LogP contribution in [0, 0.1) is 0 Å². The minimum Gasteiger partial charge on any atom is -0.414 e. The predicted molar refractivity (Wildman–Crippen MR) is 68.2 cm³/mol. The molecule has 92 valence electrons. The van der Waals surface area contributed by atoms with Crippen molar-refractivity contribution in [3.63, 3.8) is 0 Å². The second kappa shape index (κ2) is 6.19. The zero-order valence-corrected chi connectivity index (χ0v) is 11.6. The highest BCUT2D eigenvalue weighted by Gasteiger charge is 2.35. The van der Waals surface area contributed by atoms with E-state index >= 15 is 0 Å². The Bertz CT molecular complexity index is 203. The molecule has 0 aromatic heterocycles. The van der Waals surface area contributed by atoms with E-state index in [0.717, 1.165) is 18.1 Å². The normalized spacial score (nSPS) is 30.9. The van der Waals surface area contributed by atoms with Gasteiger partial charge in [-0.05, 0) is 24.6 Å². The van der Waals surface area contributed by atoms with E-state index in [1.807, 2.05) is 0 Å². The molecule has 2 radical (unpaired) electrons. The zero-order valence-electron chi connectivity index (χ0n) is 10.6. The first-order chi connectivity index (χ1) is 7.56. The van der Waals surface area contributed by atoms with Crippen LogP contribution in [0.5, 0.6) is 0 Å². The number of rotatable bonds is 6. The molecule has 1 N–H and O–H groups in total. The highest BCUT2D eigenvalue weighted by Crippen LogP contribution is 2.25. The van der Waals surface area contributed by atoms with Crippen LogP contribution < -0.4 is 0 Å².